The summed E-state index contributed by atoms with van der Waals surface area (Å²) >= 11 is 0. The van der Waals surface area contributed by atoms with Gasteiger partial charge in [-0.1, -0.05) is 30.3 Å². The van der Waals surface area contributed by atoms with Crippen molar-refractivity contribution in [2.75, 3.05) is 13.6 Å². The number of rotatable bonds is 6. The van der Waals surface area contributed by atoms with Crippen molar-refractivity contribution in [2.24, 2.45) is 0 Å². The second-order valence-electron chi connectivity index (χ2n) is 7.66. The summed E-state index contributed by atoms with van der Waals surface area (Å²) < 4.78 is 11.6. The highest BCUT2D eigenvalue weighted by Crippen LogP contribution is 2.29. The van der Waals surface area contributed by atoms with Crippen LogP contribution in [0.2, 0.25) is 0 Å². The molecule has 0 saturated heterocycles. The van der Waals surface area contributed by atoms with Crippen LogP contribution in [0.4, 0.5) is 4.79 Å². The maximum Gasteiger partial charge on any atom is 0.410 e. The van der Waals surface area contributed by atoms with Crippen molar-refractivity contribution in [3.63, 3.8) is 0 Å². The summed E-state index contributed by atoms with van der Waals surface area (Å²) in [6.07, 6.45) is 0.0366. The van der Waals surface area contributed by atoms with Gasteiger partial charge >= 0.3 is 6.09 Å². The highest BCUT2D eigenvalue weighted by Gasteiger charge is 2.21. The van der Waals surface area contributed by atoms with Crippen LogP contribution in [-0.4, -0.2) is 35.3 Å². The Labute approximate surface area is 161 Å². The van der Waals surface area contributed by atoms with E-state index in [1.54, 1.807) is 30.1 Å². The Morgan fingerprint density at radius 3 is 2.41 bits per heavy atom. The minimum atomic E-state index is -0.524. The van der Waals surface area contributed by atoms with Gasteiger partial charge in [0.05, 0.1) is 0 Å². The summed E-state index contributed by atoms with van der Waals surface area (Å²) in [5.74, 6) is 0.919. The number of carbonyl (C=O) groups excluding carboxylic acids is 1. The molecule has 0 bridgehead atoms. The molecule has 0 spiro atoms. The van der Waals surface area contributed by atoms with Gasteiger partial charge in [0.15, 0.2) is 0 Å². The van der Waals surface area contributed by atoms with Crippen molar-refractivity contribution in [2.45, 2.75) is 45.8 Å². The number of hydrogen-bond donors (Lipinski definition) is 1. The summed E-state index contributed by atoms with van der Waals surface area (Å²) in [5, 5.41) is 9.61. The molecule has 0 aliphatic carbocycles. The lowest BCUT2D eigenvalue weighted by Crippen LogP contribution is -2.35. The molecule has 146 valence electrons. The predicted molar refractivity (Wildman–Crippen MR) is 106 cm³/mol. The number of phenolic OH excluding ortho intramolecular Hbond substituents is 1. The molecule has 1 amide bonds. The molecule has 0 aromatic heterocycles. The van der Waals surface area contributed by atoms with Gasteiger partial charge in [-0.05, 0) is 57.0 Å². The highest BCUT2D eigenvalue weighted by atomic mass is 16.6. The van der Waals surface area contributed by atoms with Crippen molar-refractivity contribution in [1.29, 1.82) is 0 Å². The van der Waals surface area contributed by atoms with Gasteiger partial charge in [-0.15, -0.1) is 0 Å². The van der Waals surface area contributed by atoms with E-state index in [2.05, 4.69) is 0 Å². The minimum Gasteiger partial charge on any atom is -0.508 e. The maximum atomic E-state index is 12.2. The van der Waals surface area contributed by atoms with Gasteiger partial charge in [-0.2, -0.15) is 0 Å². The third-order valence-corrected chi connectivity index (χ3v) is 4.03. The second kappa shape index (κ2) is 8.80. The van der Waals surface area contributed by atoms with Crippen LogP contribution in [0.15, 0.2) is 48.5 Å². The van der Waals surface area contributed by atoms with Crippen molar-refractivity contribution in [3.8, 4) is 11.5 Å². The Hall–Kier alpha value is -2.69. The molecule has 0 aliphatic heterocycles. The quantitative estimate of drug-likeness (QED) is 0.769. The summed E-state index contributed by atoms with van der Waals surface area (Å²) in [6, 6.07) is 14.9. The van der Waals surface area contributed by atoms with Crippen LogP contribution in [-0.2, 0) is 4.74 Å². The Kier molecular flexibility index (Phi) is 6.72. The third-order valence-electron chi connectivity index (χ3n) is 4.03. The monoisotopic (exact) mass is 371 g/mol. The van der Waals surface area contributed by atoms with E-state index < -0.39 is 5.60 Å². The lowest BCUT2D eigenvalue weighted by Gasteiger charge is -2.27. The molecule has 0 aliphatic rings. The molecule has 5 nitrogen and oxygen atoms in total. The fourth-order valence-electron chi connectivity index (χ4n) is 2.62. The van der Waals surface area contributed by atoms with Crippen LogP contribution in [0.1, 0.15) is 44.4 Å². The van der Waals surface area contributed by atoms with E-state index in [1.807, 2.05) is 58.0 Å². The largest absolute Gasteiger partial charge is 0.508 e. The zero-order valence-corrected chi connectivity index (χ0v) is 16.7. The van der Waals surface area contributed by atoms with E-state index in [-0.39, 0.29) is 17.9 Å². The molecule has 1 atom stereocenters. The van der Waals surface area contributed by atoms with Crippen molar-refractivity contribution < 1.29 is 19.4 Å². The Bertz CT molecular complexity index is 753. The van der Waals surface area contributed by atoms with E-state index in [0.717, 1.165) is 11.1 Å². The molecular formula is C22H29NO4. The van der Waals surface area contributed by atoms with E-state index >= 15 is 0 Å². The van der Waals surface area contributed by atoms with Crippen LogP contribution in [0, 0.1) is 6.92 Å². The number of ether oxygens (including phenoxy) is 2. The fourth-order valence-corrected chi connectivity index (χ4v) is 2.62. The third kappa shape index (κ3) is 6.51. The summed E-state index contributed by atoms with van der Waals surface area (Å²) in [6.45, 7) is 7.93. The molecule has 0 fully saturated rings. The number of carbonyl (C=O) groups is 1. The molecular weight excluding hydrogens is 342 g/mol. The first kappa shape index (κ1) is 20.6. The topological polar surface area (TPSA) is 59.0 Å². The second-order valence-corrected chi connectivity index (χ2v) is 7.66. The molecule has 2 rings (SSSR count). The van der Waals surface area contributed by atoms with Gasteiger partial charge in [-0.3, -0.25) is 0 Å². The number of benzene rings is 2. The van der Waals surface area contributed by atoms with E-state index in [9.17, 15) is 9.90 Å². The normalized spacial score (nSPS) is 12.3. The van der Waals surface area contributed by atoms with Crippen LogP contribution in [0.3, 0.4) is 0 Å². The Morgan fingerprint density at radius 2 is 1.81 bits per heavy atom. The zero-order valence-electron chi connectivity index (χ0n) is 16.7. The van der Waals surface area contributed by atoms with Crippen LogP contribution < -0.4 is 4.74 Å². The first-order chi connectivity index (χ1) is 12.7. The van der Waals surface area contributed by atoms with Gasteiger partial charge in [-0.25, -0.2) is 4.79 Å². The molecule has 27 heavy (non-hydrogen) atoms. The number of aromatic hydroxyl groups is 1. The minimum absolute atomic E-state index is 0.209. The summed E-state index contributed by atoms with van der Waals surface area (Å²) in [7, 11) is 1.72. The van der Waals surface area contributed by atoms with Crippen molar-refractivity contribution >= 4 is 6.09 Å². The molecule has 5 heteroatoms. The summed E-state index contributed by atoms with van der Waals surface area (Å²) in [4.78, 5) is 13.8. The van der Waals surface area contributed by atoms with Gasteiger partial charge in [0, 0.05) is 20.0 Å². The van der Waals surface area contributed by atoms with Gasteiger partial charge in [0.25, 0.3) is 0 Å². The van der Waals surface area contributed by atoms with Gasteiger partial charge in [0.2, 0.25) is 0 Å². The fraction of sp³-hybridized carbons (Fsp3) is 0.409. The summed E-state index contributed by atoms with van der Waals surface area (Å²) in [5.41, 5.74) is 1.36. The lowest BCUT2D eigenvalue weighted by molar-refractivity contribution is 0.0278. The van der Waals surface area contributed by atoms with Gasteiger partial charge in [0.1, 0.15) is 23.2 Å². The zero-order chi connectivity index (χ0) is 20.0. The van der Waals surface area contributed by atoms with Gasteiger partial charge < -0.3 is 19.5 Å². The van der Waals surface area contributed by atoms with E-state index in [0.29, 0.717) is 18.7 Å². The molecule has 1 N–H and O–H groups in total. The first-order valence-electron chi connectivity index (χ1n) is 9.11. The number of aryl methyl sites for hydroxylation is 1. The Balaban J connectivity index is 2.10. The first-order valence-corrected chi connectivity index (χ1v) is 9.11. The predicted octanol–water partition coefficient (Wildman–Crippen LogP) is 5.08. The molecule has 0 radical (unpaired) electrons. The van der Waals surface area contributed by atoms with Crippen LogP contribution in [0.25, 0.3) is 0 Å². The standard InChI is InChI=1S/C22H29NO4/c1-16-15-18(24)11-12-19(16)26-20(17-9-7-6-8-10-17)13-14-23(5)21(25)27-22(2,3)4/h6-12,15,20,24H,13-14H2,1-5H3/t20-/m1/s1. The van der Waals surface area contributed by atoms with Crippen molar-refractivity contribution in [1.82, 2.24) is 4.90 Å². The number of amides is 1. The smallest absolute Gasteiger partial charge is 0.410 e. The van der Waals surface area contributed by atoms with Crippen LogP contribution in [0.5, 0.6) is 11.5 Å². The van der Waals surface area contributed by atoms with E-state index in [4.69, 9.17) is 9.47 Å². The number of nitrogens with zero attached hydrogens (tertiary/aromatic N) is 1. The van der Waals surface area contributed by atoms with E-state index in [1.165, 1.54) is 0 Å². The SMILES string of the molecule is Cc1cc(O)ccc1O[C@H](CCN(C)C(=O)OC(C)(C)C)c1ccccc1. The highest BCUT2D eigenvalue weighted by molar-refractivity contribution is 5.67. The Morgan fingerprint density at radius 1 is 1.15 bits per heavy atom. The molecule has 0 saturated carbocycles. The molecule has 0 unspecified atom stereocenters. The van der Waals surface area contributed by atoms with Crippen LogP contribution >= 0.6 is 0 Å². The average Bonchev–Trinajstić information content (AvgIpc) is 2.59. The lowest BCUT2D eigenvalue weighted by atomic mass is 10.1. The maximum absolute atomic E-state index is 12.2. The molecule has 2 aromatic rings. The molecule has 0 heterocycles. The molecule has 2 aromatic carbocycles. The number of phenols is 1. The number of hydrogen-bond acceptors (Lipinski definition) is 4. The average molecular weight is 371 g/mol. The van der Waals surface area contributed by atoms with Crippen molar-refractivity contribution in [3.05, 3.63) is 59.7 Å².